The van der Waals surface area contributed by atoms with E-state index in [1.54, 1.807) is 22.2 Å². The Hall–Kier alpha value is -2.70. The summed E-state index contributed by atoms with van der Waals surface area (Å²) in [4.78, 5) is 17.5. The van der Waals surface area contributed by atoms with E-state index in [9.17, 15) is 4.79 Å². The van der Waals surface area contributed by atoms with Crippen molar-refractivity contribution in [3.05, 3.63) is 69.5 Å². The van der Waals surface area contributed by atoms with Crippen LogP contribution >= 0.6 is 22.9 Å². The molecule has 1 amide bonds. The second-order valence-corrected chi connectivity index (χ2v) is 7.10. The third-order valence-electron chi connectivity index (χ3n) is 4.11. The Kier molecular flexibility index (Phi) is 4.44. The van der Waals surface area contributed by atoms with Crippen molar-refractivity contribution in [1.29, 1.82) is 0 Å². The highest BCUT2D eigenvalue weighted by molar-refractivity contribution is 7.08. The van der Waals surface area contributed by atoms with Crippen LogP contribution < -0.4 is 5.32 Å². The lowest BCUT2D eigenvalue weighted by Gasteiger charge is -2.09. The second-order valence-electron chi connectivity index (χ2n) is 5.89. The number of fused-ring (bicyclic) bond motifs is 1. The number of hydrogen-bond acceptors (Lipinski definition) is 4. The minimum atomic E-state index is -0.165. The fourth-order valence-electron chi connectivity index (χ4n) is 2.78. The summed E-state index contributed by atoms with van der Waals surface area (Å²) in [7, 11) is 1.82. The number of rotatable bonds is 4. The highest BCUT2D eigenvalue weighted by atomic mass is 35.5. The van der Waals surface area contributed by atoms with E-state index in [2.05, 4.69) is 15.4 Å². The Morgan fingerprint density at radius 3 is 2.96 bits per heavy atom. The molecule has 0 radical (unpaired) electrons. The minimum Gasteiger partial charge on any atom is -0.348 e. The summed E-state index contributed by atoms with van der Waals surface area (Å²) in [5, 5.41) is 12.6. The van der Waals surface area contributed by atoms with Crippen molar-refractivity contribution in [1.82, 2.24) is 20.1 Å². The monoisotopic (exact) mass is 382 g/mol. The third kappa shape index (κ3) is 3.21. The van der Waals surface area contributed by atoms with Crippen LogP contribution in [0, 0.1) is 0 Å². The first kappa shape index (κ1) is 16.8. The van der Waals surface area contributed by atoms with Crippen molar-refractivity contribution in [2.75, 3.05) is 0 Å². The molecular formula is C19H15ClN4OS. The maximum absolute atomic E-state index is 12.8. The normalized spacial score (nSPS) is 11.0. The van der Waals surface area contributed by atoms with E-state index in [1.807, 2.05) is 54.2 Å². The van der Waals surface area contributed by atoms with Gasteiger partial charge in [0.05, 0.1) is 22.8 Å². The zero-order valence-corrected chi connectivity index (χ0v) is 15.5. The summed E-state index contributed by atoms with van der Waals surface area (Å²) >= 11 is 7.60. The highest BCUT2D eigenvalue weighted by Gasteiger charge is 2.16. The lowest BCUT2D eigenvalue weighted by atomic mass is 10.1. The van der Waals surface area contributed by atoms with Crippen molar-refractivity contribution in [3.63, 3.8) is 0 Å². The van der Waals surface area contributed by atoms with Gasteiger partial charge in [-0.05, 0) is 35.2 Å². The molecule has 0 bridgehead atoms. The SMILES string of the molecule is Cn1ncc2c(C(=O)NCc3cccc(Cl)c3)cc(-c3ccsc3)nc21. The van der Waals surface area contributed by atoms with Gasteiger partial charge in [0.2, 0.25) is 0 Å². The maximum Gasteiger partial charge on any atom is 0.252 e. The quantitative estimate of drug-likeness (QED) is 0.573. The molecule has 0 spiro atoms. The van der Waals surface area contributed by atoms with Gasteiger partial charge in [0, 0.05) is 29.6 Å². The number of carbonyl (C=O) groups excluding carboxylic acids is 1. The van der Waals surface area contributed by atoms with Gasteiger partial charge in [0.15, 0.2) is 5.65 Å². The van der Waals surface area contributed by atoms with Crippen LogP contribution in [0.2, 0.25) is 5.02 Å². The Balaban J connectivity index is 1.69. The van der Waals surface area contributed by atoms with Gasteiger partial charge in [-0.25, -0.2) is 4.98 Å². The van der Waals surface area contributed by atoms with Crippen LogP contribution in [0.3, 0.4) is 0 Å². The average Bonchev–Trinajstić information content (AvgIpc) is 3.29. The number of amides is 1. The fourth-order valence-corrected chi connectivity index (χ4v) is 3.65. The number of nitrogens with zero attached hydrogens (tertiary/aromatic N) is 3. The summed E-state index contributed by atoms with van der Waals surface area (Å²) in [6, 6.07) is 11.2. The van der Waals surface area contributed by atoms with E-state index in [0.29, 0.717) is 22.8 Å². The van der Waals surface area contributed by atoms with E-state index in [4.69, 9.17) is 11.6 Å². The molecule has 0 fully saturated rings. The predicted octanol–water partition coefficient (Wildman–Crippen LogP) is 4.28. The number of aromatic nitrogens is 3. The van der Waals surface area contributed by atoms with Crippen LogP contribution in [-0.4, -0.2) is 20.7 Å². The Morgan fingerprint density at radius 2 is 2.19 bits per heavy atom. The van der Waals surface area contributed by atoms with E-state index in [-0.39, 0.29) is 5.91 Å². The zero-order valence-electron chi connectivity index (χ0n) is 13.9. The third-order valence-corrected chi connectivity index (χ3v) is 5.03. The summed E-state index contributed by atoms with van der Waals surface area (Å²) in [6.07, 6.45) is 1.67. The van der Waals surface area contributed by atoms with Crippen LogP contribution in [-0.2, 0) is 13.6 Å². The van der Waals surface area contributed by atoms with Gasteiger partial charge in [-0.3, -0.25) is 9.48 Å². The maximum atomic E-state index is 12.8. The lowest BCUT2D eigenvalue weighted by molar-refractivity contribution is 0.0952. The minimum absolute atomic E-state index is 0.165. The molecule has 7 heteroatoms. The molecule has 5 nitrogen and oxygen atoms in total. The van der Waals surface area contributed by atoms with Crippen LogP contribution in [0.1, 0.15) is 15.9 Å². The summed E-state index contributed by atoms with van der Waals surface area (Å²) in [6.45, 7) is 0.400. The molecular weight excluding hydrogens is 368 g/mol. The Bertz CT molecular complexity index is 1090. The molecule has 4 rings (SSSR count). The van der Waals surface area contributed by atoms with Crippen LogP contribution in [0.15, 0.2) is 53.4 Å². The molecule has 1 N–H and O–H groups in total. The van der Waals surface area contributed by atoms with Gasteiger partial charge in [0.1, 0.15) is 0 Å². The highest BCUT2D eigenvalue weighted by Crippen LogP contribution is 2.26. The molecule has 0 unspecified atom stereocenters. The summed E-state index contributed by atoms with van der Waals surface area (Å²) in [5.41, 5.74) is 3.94. The number of nitrogens with one attached hydrogen (secondary N) is 1. The predicted molar refractivity (Wildman–Crippen MR) is 104 cm³/mol. The van der Waals surface area contributed by atoms with Gasteiger partial charge in [-0.2, -0.15) is 16.4 Å². The van der Waals surface area contributed by atoms with E-state index in [1.165, 1.54) is 0 Å². The Labute approximate surface area is 159 Å². The summed E-state index contributed by atoms with van der Waals surface area (Å²) in [5.74, 6) is -0.165. The first-order valence-corrected chi connectivity index (χ1v) is 9.32. The van der Waals surface area contributed by atoms with Crippen molar-refractivity contribution in [2.45, 2.75) is 6.54 Å². The van der Waals surface area contributed by atoms with E-state index >= 15 is 0 Å². The molecule has 0 atom stereocenters. The first-order chi connectivity index (χ1) is 12.6. The van der Waals surface area contributed by atoms with E-state index in [0.717, 1.165) is 22.2 Å². The van der Waals surface area contributed by atoms with Crippen molar-refractivity contribution < 1.29 is 4.79 Å². The molecule has 0 aliphatic carbocycles. The second kappa shape index (κ2) is 6.90. The molecule has 3 heterocycles. The zero-order chi connectivity index (χ0) is 18.1. The van der Waals surface area contributed by atoms with Crippen molar-refractivity contribution in [3.8, 4) is 11.3 Å². The van der Waals surface area contributed by atoms with Crippen LogP contribution in [0.25, 0.3) is 22.3 Å². The van der Waals surface area contributed by atoms with Crippen LogP contribution in [0.5, 0.6) is 0 Å². The Morgan fingerprint density at radius 1 is 1.31 bits per heavy atom. The smallest absolute Gasteiger partial charge is 0.252 e. The molecule has 4 aromatic rings. The largest absolute Gasteiger partial charge is 0.348 e. The molecule has 0 saturated carbocycles. The van der Waals surface area contributed by atoms with Gasteiger partial charge in [-0.1, -0.05) is 23.7 Å². The number of carbonyl (C=O) groups is 1. The molecule has 0 aliphatic rings. The van der Waals surface area contributed by atoms with Crippen LogP contribution in [0.4, 0.5) is 0 Å². The molecule has 1 aromatic carbocycles. The number of aryl methyl sites for hydroxylation is 1. The molecule has 130 valence electrons. The van der Waals surface area contributed by atoms with Gasteiger partial charge in [-0.15, -0.1) is 0 Å². The lowest BCUT2D eigenvalue weighted by Crippen LogP contribution is -2.23. The summed E-state index contributed by atoms with van der Waals surface area (Å²) < 4.78 is 1.68. The van der Waals surface area contributed by atoms with E-state index < -0.39 is 0 Å². The number of hydrogen-bond donors (Lipinski definition) is 1. The standard InChI is InChI=1S/C19H15ClN4OS/c1-24-18-16(10-22-24)15(8-17(23-18)13-5-6-26-11-13)19(25)21-9-12-3-2-4-14(20)7-12/h2-8,10-11H,9H2,1H3,(H,21,25). The van der Waals surface area contributed by atoms with Gasteiger partial charge >= 0.3 is 0 Å². The first-order valence-electron chi connectivity index (χ1n) is 8.00. The van der Waals surface area contributed by atoms with Gasteiger partial charge < -0.3 is 5.32 Å². The topological polar surface area (TPSA) is 59.8 Å². The van der Waals surface area contributed by atoms with Crippen molar-refractivity contribution in [2.24, 2.45) is 7.05 Å². The fraction of sp³-hybridized carbons (Fsp3) is 0.105. The number of benzene rings is 1. The number of halogens is 1. The molecule has 0 saturated heterocycles. The van der Waals surface area contributed by atoms with Gasteiger partial charge in [0.25, 0.3) is 5.91 Å². The molecule has 0 aliphatic heterocycles. The molecule has 3 aromatic heterocycles. The number of pyridine rings is 1. The van der Waals surface area contributed by atoms with Crippen molar-refractivity contribution >= 4 is 39.9 Å². The molecule has 26 heavy (non-hydrogen) atoms. The number of thiophene rings is 1. The average molecular weight is 383 g/mol.